The Morgan fingerprint density at radius 3 is 2.52 bits per heavy atom. The lowest BCUT2D eigenvalue weighted by Gasteiger charge is -2.10. The van der Waals surface area contributed by atoms with Crippen LogP contribution in [0.1, 0.15) is 10.7 Å². The van der Waals surface area contributed by atoms with E-state index in [1.54, 1.807) is 31.3 Å². The molecule has 3 heterocycles. The van der Waals surface area contributed by atoms with E-state index in [2.05, 4.69) is 30.3 Å². The zero-order valence-corrected chi connectivity index (χ0v) is 16.6. The van der Waals surface area contributed by atoms with Crippen molar-refractivity contribution in [3.8, 4) is 0 Å². The van der Waals surface area contributed by atoms with Gasteiger partial charge < -0.3 is 10.6 Å². The average molecular weight is 405 g/mol. The average Bonchev–Trinajstić information content (AvgIpc) is 3.07. The van der Waals surface area contributed by atoms with Gasteiger partial charge in [0.15, 0.2) is 0 Å². The van der Waals surface area contributed by atoms with Crippen LogP contribution >= 0.6 is 11.3 Å². The van der Waals surface area contributed by atoms with Gasteiger partial charge in [0.25, 0.3) is 0 Å². The zero-order chi connectivity index (χ0) is 19.3. The molecule has 0 aromatic carbocycles. The summed E-state index contributed by atoms with van der Waals surface area (Å²) in [5.74, 6) is 2.49. The number of anilines is 3. The Labute approximate surface area is 162 Å². The molecule has 142 valence electrons. The molecule has 0 amide bonds. The Bertz CT molecular complexity index is 1010. The van der Waals surface area contributed by atoms with Crippen molar-refractivity contribution >= 4 is 38.8 Å². The van der Waals surface area contributed by atoms with E-state index in [-0.39, 0.29) is 6.54 Å². The van der Waals surface area contributed by atoms with Crippen LogP contribution in [0.15, 0.2) is 46.8 Å². The van der Waals surface area contributed by atoms with E-state index >= 15 is 0 Å². The SMILES string of the molecule is Cc1nc(NCCNS(=O)(=O)c2ccc(C)s2)cc(Nc2ccccn2)n1. The first-order chi connectivity index (χ1) is 12.9. The minimum absolute atomic E-state index is 0.241. The molecular weight excluding hydrogens is 384 g/mol. The molecule has 0 atom stereocenters. The van der Waals surface area contributed by atoms with Gasteiger partial charge in [0.05, 0.1) is 0 Å². The van der Waals surface area contributed by atoms with Crippen LogP contribution in [0.5, 0.6) is 0 Å². The summed E-state index contributed by atoms with van der Waals surface area (Å²) in [4.78, 5) is 13.8. The standard InChI is InChI=1S/C17H20N6O2S2/c1-12-6-7-17(26-12)27(24,25)20-10-9-19-15-11-16(22-13(2)21-15)23-14-5-3-4-8-18-14/h3-8,11,20H,9-10H2,1-2H3,(H2,18,19,21,22,23). The van der Waals surface area contributed by atoms with Crippen molar-refractivity contribution in [1.82, 2.24) is 19.7 Å². The van der Waals surface area contributed by atoms with E-state index in [1.807, 2.05) is 25.1 Å². The van der Waals surface area contributed by atoms with Crippen molar-refractivity contribution < 1.29 is 8.42 Å². The lowest BCUT2D eigenvalue weighted by atomic mass is 10.4. The predicted molar refractivity (Wildman–Crippen MR) is 107 cm³/mol. The minimum atomic E-state index is -3.48. The maximum absolute atomic E-state index is 12.2. The minimum Gasteiger partial charge on any atom is -0.369 e. The van der Waals surface area contributed by atoms with Gasteiger partial charge in [0.1, 0.15) is 27.5 Å². The van der Waals surface area contributed by atoms with E-state index in [0.717, 1.165) is 4.88 Å². The van der Waals surface area contributed by atoms with Crippen molar-refractivity contribution in [2.75, 3.05) is 23.7 Å². The van der Waals surface area contributed by atoms with Crippen LogP contribution in [-0.4, -0.2) is 36.5 Å². The number of hydrogen-bond acceptors (Lipinski definition) is 8. The lowest BCUT2D eigenvalue weighted by molar-refractivity contribution is 0.585. The van der Waals surface area contributed by atoms with Gasteiger partial charge in [-0.2, -0.15) is 0 Å². The number of hydrogen-bond donors (Lipinski definition) is 3. The highest BCUT2D eigenvalue weighted by Gasteiger charge is 2.15. The van der Waals surface area contributed by atoms with Crippen molar-refractivity contribution in [1.29, 1.82) is 0 Å². The summed E-state index contributed by atoms with van der Waals surface area (Å²) >= 11 is 1.25. The van der Waals surface area contributed by atoms with Crippen molar-refractivity contribution in [3.05, 3.63) is 53.3 Å². The Balaban J connectivity index is 1.56. The van der Waals surface area contributed by atoms with E-state index in [0.29, 0.717) is 34.0 Å². The summed E-state index contributed by atoms with van der Waals surface area (Å²) in [5, 5.41) is 6.22. The van der Waals surface area contributed by atoms with Crippen molar-refractivity contribution in [2.24, 2.45) is 0 Å². The number of nitrogens with zero attached hydrogens (tertiary/aromatic N) is 3. The third-order valence-corrected chi connectivity index (χ3v) is 6.42. The molecule has 3 aromatic heterocycles. The van der Waals surface area contributed by atoms with Crippen LogP contribution in [0.2, 0.25) is 0 Å². The molecule has 27 heavy (non-hydrogen) atoms. The van der Waals surface area contributed by atoms with Gasteiger partial charge in [0.2, 0.25) is 10.0 Å². The fraction of sp³-hybridized carbons (Fsp3) is 0.235. The maximum atomic E-state index is 12.2. The van der Waals surface area contributed by atoms with Gasteiger partial charge in [-0.05, 0) is 38.1 Å². The number of rotatable bonds is 8. The number of sulfonamides is 1. The number of aryl methyl sites for hydroxylation is 2. The topological polar surface area (TPSA) is 109 Å². The summed E-state index contributed by atoms with van der Waals surface area (Å²) in [6, 6.07) is 10.7. The van der Waals surface area contributed by atoms with Crippen LogP contribution in [0.25, 0.3) is 0 Å². The highest BCUT2D eigenvalue weighted by molar-refractivity contribution is 7.91. The highest BCUT2D eigenvalue weighted by Crippen LogP contribution is 2.20. The third kappa shape index (κ3) is 5.46. The summed E-state index contributed by atoms with van der Waals surface area (Å²) in [5.41, 5.74) is 0. The zero-order valence-electron chi connectivity index (χ0n) is 14.9. The number of thiophene rings is 1. The smallest absolute Gasteiger partial charge is 0.250 e. The molecule has 8 nitrogen and oxygen atoms in total. The first-order valence-corrected chi connectivity index (χ1v) is 10.6. The summed E-state index contributed by atoms with van der Waals surface area (Å²) in [6.07, 6.45) is 1.69. The van der Waals surface area contributed by atoms with Crippen LogP contribution in [0.3, 0.4) is 0 Å². The molecular formula is C17H20N6O2S2. The van der Waals surface area contributed by atoms with E-state index in [1.165, 1.54) is 11.3 Å². The fourth-order valence-electron chi connectivity index (χ4n) is 2.29. The first kappa shape index (κ1) is 19.2. The Morgan fingerprint density at radius 2 is 1.81 bits per heavy atom. The van der Waals surface area contributed by atoms with E-state index in [9.17, 15) is 8.42 Å². The molecule has 10 heteroatoms. The summed E-state index contributed by atoms with van der Waals surface area (Å²) < 4.78 is 27.3. The van der Waals surface area contributed by atoms with Gasteiger partial charge in [-0.25, -0.2) is 28.1 Å². The number of aromatic nitrogens is 3. The first-order valence-electron chi connectivity index (χ1n) is 8.26. The lowest BCUT2D eigenvalue weighted by Crippen LogP contribution is -2.28. The normalized spacial score (nSPS) is 11.3. The summed E-state index contributed by atoms with van der Waals surface area (Å²) in [7, 11) is -3.48. The van der Waals surface area contributed by atoms with Gasteiger partial charge in [0, 0.05) is 30.2 Å². The monoisotopic (exact) mass is 404 g/mol. The van der Waals surface area contributed by atoms with Crippen molar-refractivity contribution in [3.63, 3.8) is 0 Å². The van der Waals surface area contributed by atoms with Gasteiger partial charge in [-0.1, -0.05) is 6.07 Å². The predicted octanol–water partition coefficient (Wildman–Crippen LogP) is 2.68. The van der Waals surface area contributed by atoms with Crippen molar-refractivity contribution in [2.45, 2.75) is 18.1 Å². The molecule has 0 aliphatic heterocycles. The maximum Gasteiger partial charge on any atom is 0.250 e. The molecule has 0 radical (unpaired) electrons. The molecule has 0 fully saturated rings. The largest absolute Gasteiger partial charge is 0.369 e. The second kappa shape index (κ2) is 8.42. The van der Waals surface area contributed by atoms with Crippen LogP contribution in [0, 0.1) is 13.8 Å². The fourth-order valence-corrected chi connectivity index (χ4v) is 4.65. The molecule has 0 saturated heterocycles. The highest BCUT2D eigenvalue weighted by atomic mass is 32.2. The van der Waals surface area contributed by atoms with Crippen LogP contribution in [0.4, 0.5) is 17.5 Å². The molecule has 0 aliphatic carbocycles. The molecule has 0 saturated carbocycles. The van der Waals surface area contributed by atoms with Crippen LogP contribution < -0.4 is 15.4 Å². The van der Waals surface area contributed by atoms with Gasteiger partial charge >= 0.3 is 0 Å². The molecule has 3 rings (SSSR count). The van der Waals surface area contributed by atoms with Gasteiger partial charge in [-0.15, -0.1) is 11.3 Å². The molecule has 0 unspecified atom stereocenters. The Kier molecular flexibility index (Phi) is 5.99. The molecule has 3 N–H and O–H groups in total. The van der Waals surface area contributed by atoms with E-state index in [4.69, 9.17) is 0 Å². The summed E-state index contributed by atoms with van der Waals surface area (Å²) in [6.45, 7) is 4.30. The van der Waals surface area contributed by atoms with Gasteiger partial charge in [-0.3, -0.25) is 0 Å². The van der Waals surface area contributed by atoms with E-state index < -0.39 is 10.0 Å². The second-order valence-electron chi connectivity index (χ2n) is 5.72. The number of pyridine rings is 1. The molecule has 3 aromatic rings. The quantitative estimate of drug-likeness (QED) is 0.495. The Hall–Kier alpha value is -2.56. The molecule has 0 bridgehead atoms. The Morgan fingerprint density at radius 1 is 1.00 bits per heavy atom. The van der Waals surface area contributed by atoms with Crippen LogP contribution in [-0.2, 0) is 10.0 Å². The molecule has 0 spiro atoms. The third-order valence-electron chi connectivity index (χ3n) is 3.46. The molecule has 0 aliphatic rings. The second-order valence-corrected chi connectivity index (χ2v) is 9.00. The number of nitrogens with one attached hydrogen (secondary N) is 3.